The average molecular weight is 474 g/mol. The molecule has 10 nitrogen and oxygen atoms in total. The van der Waals surface area contributed by atoms with Gasteiger partial charge in [0.25, 0.3) is 0 Å². The van der Waals surface area contributed by atoms with Gasteiger partial charge < -0.3 is 29.2 Å². The van der Waals surface area contributed by atoms with Crippen LogP contribution in [0.15, 0.2) is 36.4 Å². The first-order valence-corrected chi connectivity index (χ1v) is 10.7. The Kier molecular flexibility index (Phi) is 9.88. The Morgan fingerprint density at radius 1 is 0.676 bits per heavy atom. The lowest BCUT2D eigenvalue weighted by Gasteiger charge is -2.12. The van der Waals surface area contributed by atoms with Crippen LogP contribution in [0.3, 0.4) is 0 Å². The first-order valence-electron chi connectivity index (χ1n) is 10.7. The lowest BCUT2D eigenvalue weighted by atomic mass is 10.2. The highest BCUT2D eigenvalue weighted by Gasteiger charge is 2.25. The highest BCUT2D eigenvalue weighted by Crippen LogP contribution is 2.27. The van der Waals surface area contributed by atoms with Gasteiger partial charge in [0.2, 0.25) is 0 Å². The van der Waals surface area contributed by atoms with Crippen molar-refractivity contribution in [2.24, 2.45) is 0 Å². The zero-order chi connectivity index (χ0) is 25.1. The number of carboxylic acids is 2. The van der Waals surface area contributed by atoms with E-state index >= 15 is 0 Å². The van der Waals surface area contributed by atoms with E-state index in [1.165, 1.54) is 36.4 Å². The van der Waals surface area contributed by atoms with E-state index < -0.39 is 46.5 Å². The Labute approximate surface area is 196 Å². The highest BCUT2D eigenvalue weighted by atomic mass is 16.6. The number of ether oxygens (including phenoxy) is 4. The van der Waals surface area contributed by atoms with Gasteiger partial charge in [0, 0.05) is 0 Å². The van der Waals surface area contributed by atoms with Gasteiger partial charge in [-0.25, -0.2) is 19.2 Å². The fraction of sp³-hybridized carbons (Fsp3) is 0.333. The molecular formula is C24H26O10. The third-order valence-electron chi connectivity index (χ3n) is 4.47. The first-order chi connectivity index (χ1) is 16.3. The highest BCUT2D eigenvalue weighted by molar-refractivity contribution is 6.31. The Morgan fingerprint density at radius 2 is 1.06 bits per heavy atom. The van der Waals surface area contributed by atoms with Crippen LogP contribution >= 0.6 is 0 Å². The van der Waals surface area contributed by atoms with Gasteiger partial charge >= 0.3 is 23.9 Å². The van der Waals surface area contributed by atoms with Crippen molar-refractivity contribution >= 4 is 23.9 Å². The fourth-order valence-electron chi connectivity index (χ4n) is 2.66. The number of carboxylic acid groups (broad SMARTS) is 2. The summed E-state index contributed by atoms with van der Waals surface area (Å²) in [7, 11) is 0. The molecule has 0 aromatic heterocycles. The number of esters is 2. The first kappa shape index (κ1) is 26.2. The number of hydrogen-bond donors (Lipinski definition) is 2. The summed E-state index contributed by atoms with van der Waals surface area (Å²) in [6.45, 7) is 4.72. The van der Waals surface area contributed by atoms with Gasteiger partial charge in [0.15, 0.2) is 0 Å². The largest absolute Gasteiger partial charge is 0.494 e. The number of rotatable bonds is 12. The van der Waals surface area contributed by atoms with Crippen molar-refractivity contribution in [3.05, 3.63) is 47.5 Å². The van der Waals surface area contributed by atoms with Crippen LogP contribution in [0.25, 0.3) is 0 Å². The topological polar surface area (TPSA) is 146 Å². The fourth-order valence-corrected chi connectivity index (χ4v) is 2.66. The number of carbonyl (C=O) groups excluding carboxylic acids is 2. The summed E-state index contributed by atoms with van der Waals surface area (Å²) in [6.07, 6.45) is 3.33. The van der Waals surface area contributed by atoms with Gasteiger partial charge in [0.1, 0.15) is 34.1 Å². The maximum Gasteiger partial charge on any atom is 0.423 e. The Bertz CT molecular complexity index is 961. The third-order valence-corrected chi connectivity index (χ3v) is 4.47. The van der Waals surface area contributed by atoms with Crippen molar-refractivity contribution in [3.8, 4) is 23.0 Å². The average Bonchev–Trinajstić information content (AvgIpc) is 2.80. The van der Waals surface area contributed by atoms with Gasteiger partial charge in [-0.15, -0.1) is 0 Å². The molecule has 2 rings (SSSR count). The molecule has 0 heterocycles. The van der Waals surface area contributed by atoms with Crippen LogP contribution in [0.2, 0.25) is 0 Å². The van der Waals surface area contributed by atoms with Gasteiger partial charge in [-0.05, 0) is 49.2 Å². The smallest absolute Gasteiger partial charge is 0.423 e. The summed E-state index contributed by atoms with van der Waals surface area (Å²) in [5.41, 5.74) is -0.787. The summed E-state index contributed by atoms with van der Waals surface area (Å²) >= 11 is 0. The summed E-state index contributed by atoms with van der Waals surface area (Å²) in [4.78, 5) is 47.5. The van der Waals surface area contributed by atoms with E-state index in [1.54, 1.807) is 0 Å². The molecule has 34 heavy (non-hydrogen) atoms. The van der Waals surface area contributed by atoms with E-state index in [0.717, 1.165) is 25.7 Å². The summed E-state index contributed by atoms with van der Waals surface area (Å²) < 4.78 is 20.7. The normalized spacial score (nSPS) is 10.3. The van der Waals surface area contributed by atoms with E-state index in [0.29, 0.717) is 13.2 Å². The van der Waals surface area contributed by atoms with E-state index in [9.17, 15) is 29.4 Å². The molecule has 0 aliphatic rings. The van der Waals surface area contributed by atoms with Gasteiger partial charge in [-0.3, -0.25) is 0 Å². The van der Waals surface area contributed by atoms with E-state index in [1.807, 2.05) is 13.8 Å². The predicted octanol–water partition coefficient (Wildman–Crippen LogP) is 3.95. The van der Waals surface area contributed by atoms with Crippen LogP contribution in [-0.2, 0) is 9.59 Å². The monoisotopic (exact) mass is 474 g/mol. The van der Waals surface area contributed by atoms with Gasteiger partial charge in [-0.2, -0.15) is 0 Å². The molecule has 0 saturated heterocycles. The van der Waals surface area contributed by atoms with Crippen molar-refractivity contribution < 1.29 is 48.3 Å². The molecule has 0 radical (unpaired) electrons. The van der Waals surface area contributed by atoms with Crippen LogP contribution in [0.4, 0.5) is 0 Å². The second-order valence-electron chi connectivity index (χ2n) is 7.11. The molecule has 0 aliphatic carbocycles. The quantitative estimate of drug-likeness (QED) is 0.201. The van der Waals surface area contributed by atoms with Crippen LogP contribution in [0.1, 0.15) is 60.2 Å². The zero-order valence-corrected chi connectivity index (χ0v) is 18.9. The minimum absolute atomic E-state index is 0.264. The minimum Gasteiger partial charge on any atom is -0.494 e. The maximum absolute atomic E-state index is 12.2. The molecule has 182 valence electrons. The number of unbranched alkanes of at least 4 members (excludes halogenated alkanes) is 2. The molecule has 0 amide bonds. The summed E-state index contributed by atoms with van der Waals surface area (Å²) in [5, 5.41) is 18.8. The molecule has 2 aromatic rings. The van der Waals surface area contributed by atoms with Gasteiger partial charge in [-0.1, -0.05) is 26.7 Å². The molecule has 0 fully saturated rings. The molecule has 2 N–H and O–H groups in total. The third kappa shape index (κ3) is 7.51. The van der Waals surface area contributed by atoms with Crippen molar-refractivity contribution in [3.63, 3.8) is 0 Å². The number of benzene rings is 2. The molecule has 0 bridgehead atoms. The summed E-state index contributed by atoms with van der Waals surface area (Å²) in [5.74, 6) is -6.11. The summed E-state index contributed by atoms with van der Waals surface area (Å²) in [6, 6.07) is 7.51. The van der Waals surface area contributed by atoms with Crippen LogP contribution in [0.5, 0.6) is 23.0 Å². The van der Waals surface area contributed by atoms with Crippen LogP contribution in [-0.4, -0.2) is 47.3 Å². The van der Waals surface area contributed by atoms with Crippen LogP contribution < -0.4 is 18.9 Å². The van der Waals surface area contributed by atoms with Crippen molar-refractivity contribution in [2.45, 2.75) is 39.5 Å². The Morgan fingerprint density at radius 3 is 1.38 bits per heavy atom. The lowest BCUT2D eigenvalue weighted by Crippen LogP contribution is -2.26. The lowest BCUT2D eigenvalue weighted by molar-refractivity contribution is -0.156. The molecular weight excluding hydrogens is 448 g/mol. The standard InChI is InChI=1S/C24H26O10/c1-3-5-11-31-15-7-9-19(17(13-15)21(25)26)33-23(29)24(30)34-20-10-8-16(32-12-6-4-2)14-18(20)22(27)28/h7-10,13-14H,3-6,11-12H2,1-2H3,(H,25,26)(H,27,28). The second-order valence-corrected chi connectivity index (χ2v) is 7.11. The number of hydrogen-bond acceptors (Lipinski definition) is 8. The van der Waals surface area contributed by atoms with Crippen molar-refractivity contribution in [1.82, 2.24) is 0 Å². The maximum atomic E-state index is 12.2. The van der Waals surface area contributed by atoms with E-state index in [4.69, 9.17) is 18.9 Å². The SMILES string of the molecule is CCCCOc1ccc(OC(=O)C(=O)Oc2ccc(OCCCC)cc2C(=O)O)c(C(=O)O)c1. The van der Waals surface area contributed by atoms with Gasteiger partial charge in [0.05, 0.1) is 13.2 Å². The molecule has 10 heteroatoms. The van der Waals surface area contributed by atoms with E-state index in [-0.39, 0.29) is 11.5 Å². The molecule has 0 atom stereocenters. The van der Waals surface area contributed by atoms with Crippen molar-refractivity contribution in [1.29, 1.82) is 0 Å². The Hall–Kier alpha value is -4.08. The number of aromatic carboxylic acids is 2. The molecule has 0 spiro atoms. The molecule has 0 saturated carbocycles. The Balaban J connectivity index is 2.13. The van der Waals surface area contributed by atoms with E-state index in [2.05, 4.69) is 0 Å². The van der Waals surface area contributed by atoms with Crippen molar-refractivity contribution in [2.75, 3.05) is 13.2 Å². The molecule has 0 aliphatic heterocycles. The zero-order valence-electron chi connectivity index (χ0n) is 18.9. The minimum atomic E-state index is -1.53. The number of carbonyl (C=O) groups is 4. The molecule has 2 aromatic carbocycles. The molecule has 0 unspecified atom stereocenters. The predicted molar refractivity (Wildman–Crippen MR) is 119 cm³/mol. The second kappa shape index (κ2) is 12.8. The van der Waals surface area contributed by atoms with Crippen LogP contribution in [0, 0.1) is 0 Å².